The monoisotopic (exact) mass is 375 g/mol. The smallest absolute Gasteiger partial charge is 0.217 e. The lowest BCUT2D eigenvalue weighted by Gasteiger charge is -2.09. The lowest BCUT2D eigenvalue weighted by Crippen LogP contribution is -2.28. The van der Waals surface area contributed by atoms with Crippen LogP contribution in [-0.4, -0.2) is 28.3 Å². The Labute approximate surface area is 157 Å². The van der Waals surface area contributed by atoms with Gasteiger partial charge in [0.1, 0.15) is 11.5 Å². The zero-order valence-corrected chi connectivity index (χ0v) is 15.6. The van der Waals surface area contributed by atoms with Crippen molar-refractivity contribution in [3.8, 4) is 17.2 Å². The standard InChI is InChI=1S/C19H22ClN3O3/c1-13(22-14(2)24)7-8-23-11-17(10-21-23)26-19-6-5-16(9-18(19)20)25-12-15-3-4-15/h5-11,13,15H,3-4,12H2,1-2H3,(H,22,24)/t13-/m0/s1. The van der Waals surface area contributed by atoms with E-state index in [0.29, 0.717) is 22.4 Å². The van der Waals surface area contributed by atoms with E-state index in [1.165, 1.54) is 19.8 Å². The highest BCUT2D eigenvalue weighted by molar-refractivity contribution is 6.32. The highest BCUT2D eigenvalue weighted by atomic mass is 35.5. The van der Waals surface area contributed by atoms with E-state index in [1.807, 2.05) is 19.1 Å². The summed E-state index contributed by atoms with van der Waals surface area (Å²) in [6.45, 7) is 4.11. The Kier molecular flexibility index (Phi) is 5.83. The molecular formula is C19H22ClN3O3. The molecule has 1 fully saturated rings. The molecule has 1 N–H and O–H groups in total. The first-order valence-electron chi connectivity index (χ1n) is 8.59. The molecule has 3 rings (SSSR count). The average molecular weight is 376 g/mol. The summed E-state index contributed by atoms with van der Waals surface area (Å²) in [7, 11) is 0. The Hall–Kier alpha value is -2.47. The Morgan fingerprint density at radius 2 is 2.27 bits per heavy atom. The fourth-order valence-electron chi connectivity index (χ4n) is 2.32. The molecule has 1 aliphatic carbocycles. The average Bonchev–Trinajstić information content (AvgIpc) is 3.31. The van der Waals surface area contributed by atoms with Gasteiger partial charge in [0.25, 0.3) is 0 Å². The molecule has 1 atom stereocenters. The zero-order valence-electron chi connectivity index (χ0n) is 14.8. The summed E-state index contributed by atoms with van der Waals surface area (Å²) in [5.41, 5.74) is 0. The van der Waals surface area contributed by atoms with Gasteiger partial charge in [0, 0.05) is 25.2 Å². The molecule has 1 saturated carbocycles. The first-order valence-corrected chi connectivity index (χ1v) is 8.97. The molecule has 0 bridgehead atoms. The van der Waals surface area contributed by atoms with E-state index in [0.717, 1.165) is 12.4 Å². The third kappa shape index (κ3) is 5.52. The Morgan fingerprint density at radius 1 is 1.46 bits per heavy atom. The molecule has 6 nitrogen and oxygen atoms in total. The predicted molar refractivity (Wildman–Crippen MR) is 101 cm³/mol. The van der Waals surface area contributed by atoms with Gasteiger partial charge in [-0.25, -0.2) is 4.68 Å². The number of hydrogen-bond acceptors (Lipinski definition) is 4. The fourth-order valence-corrected chi connectivity index (χ4v) is 2.53. The van der Waals surface area contributed by atoms with Gasteiger partial charge in [-0.1, -0.05) is 11.6 Å². The van der Waals surface area contributed by atoms with Gasteiger partial charge < -0.3 is 14.8 Å². The van der Waals surface area contributed by atoms with Gasteiger partial charge in [0.2, 0.25) is 5.91 Å². The van der Waals surface area contributed by atoms with Gasteiger partial charge in [0.05, 0.1) is 24.0 Å². The van der Waals surface area contributed by atoms with Crippen molar-refractivity contribution in [3.63, 3.8) is 0 Å². The van der Waals surface area contributed by atoms with Gasteiger partial charge in [-0.15, -0.1) is 0 Å². The third-order valence-corrected chi connectivity index (χ3v) is 4.15. The third-order valence-electron chi connectivity index (χ3n) is 3.85. The largest absolute Gasteiger partial charge is 0.493 e. The quantitative estimate of drug-likeness (QED) is 0.754. The normalized spacial score (nSPS) is 15.0. The van der Waals surface area contributed by atoms with Crippen molar-refractivity contribution in [3.05, 3.63) is 41.7 Å². The molecule has 7 heteroatoms. The van der Waals surface area contributed by atoms with Gasteiger partial charge in [-0.2, -0.15) is 5.10 Å². The van der Waals surface area contributed by atoms with Crippen LogP contribution in [0.5, 0.6) is 17.2 Å². The minimum atomic E-state index is -0.0845. The zero-order chi connectivity index (χ0) is 18.5. The Balaban J connectivity index is 1.57. The highest BCUT2D eigenvalue weighted by Gasteiger charge is 2.22. The fraction of sp³-hybridized carbons (Fsp3) is 0.368. The van der Waals surface area contributed by atoms with Crippen LogP contribution in [-0.2, 0) is 4.79 Å². The van der Waals surface area contributed by atoms with Gasteiger partial charge in [-0.3, -0.25) is 4.79 Å². The number of nitrogens with one attached hydrogen (secondary N) is 1. The predicted octanol–water partition coefficient (Wildman–Crippen LogP) is 4.11. The number of nitrogens with zero attached hydrogens (tertiary/aromatic N) is 2. The number of rotatable bonds is 8. The summed E-state index contributed by atoms with van der Waals surface area (Å²) < 4.78 is 13.1. The first-order chi connectivity index (χ1) is 12.5. The van der Waals surface area contributed by atoms with Gasteiger partial charge in [-0.05, 0) is 43.9 Å². The summed E-state index contributed by atoms with van der Waals surface area (Å²) in [5, 5.41) is 7.44. The minimum absolute atomic E-state index is 0.0779. The molecule has 26 heavy (non-hydrogen) atoms. The minimum Gasteiger partial charge on any atom is -0.493 e. The summed E-state index contributed by atoms with van der Waals surface area (Å²) in [5.74, 6) is 2.47. The topological polar surface area (TPSA) is 65.4 Å². The number of halogens is 1. The number of benzene rings is 1. The van der Waals surface area contributed by atoms with Crippen LogP contribution in [0.1, 0.15) is 26.7 Å². The van der Waals surface area contributed by atoms with Crippen molar-refractivity contribution < 1.29 is 14.3 Å². The SMILES string of the molecule is CC(=O)N[C@@H](C)C=Cn1cc(Oc2ccc(OCC3CC3)cc2Cl)cn1. The summed E-state index contributed by atoms with van der Waals surface area (Å²) >= 11 is 6.28. The van der Waals surface area contributed by atoms with E-state index < -0.39 is 0 Å². The van der Waals surface area contributed by atoms with Crippen molar-refractivity contribution >= 4 is 23.7 Å². The van der Waals surface area contributed by atoms with E-state index in [4.69, 9.17) is 21.1 Å². The van der Waals surface area contributed by atoms with E-state index in [-0.39, 0.29) is 11.9 Å². The summed E-state index contributed by atoms with van der Waals surface area (Å²) in [6.07, 6.45) is 9.40. The number of ether oxygens (including phenoxy) is 2. The number of hydrogen-bond donors (Lipinski definition) is 1. The molecule has 0 aliphatic heterocycles. The Morgan fingerprint density at radius 3 is 2.96 bits per heavy atom. The second kappa shape index (κ2) is 8.27. The summed E-state index contributed by atoms with van der Waals surface area (Å²) in [4.78, 5) is 11.0. The molecule has 0 unspecified atom stereocenters. The van der Waals surface area contributed by atoms with Crippen molar-refractivity contribution in [1.82, 2.24) is 15.1 Å². The van der Waals surface area contributed by atoms with Crippen molar-refractivity contribution in [2.24, 2.45) is 5.92 Å². The Bertz CT molecular complexity index is 799. The second-order valence-corrected chi connectivity index (χ2v) is 6.84. The van der Waals surface area contributed by atoms with Crippen LogP contribution in [0.15, 0.2) is 36.7 Å². The van der Waals surface area contributed by atoms with E-state index in [9.17, 15) is 4.79 Å². The maximum absolute atomic E-state index is 11.0. The first kappa shape index (κ1) is 18.3. The lowest BCUT2D eigenvalue weighted by molar-refractivity contribution is -0.119. The van der Waals surface area contributed by atoms with Gasteiger partial charge in [0.15, 0.2) is 5.75 Å². The van der Waals surface area contributed by atoms with Crippen LogP contribution < -0.4 is 14.8 Å². The van der Waals surface area contributed by atoms with Crippen molar-refractivity contribution in [1.29, 1.82) is 0 Å². The number of aromatic nitrogens is 2. The molecule has 1 aliphatic rings. The summed E-state index contributed by atoms with van der Waals surface area (Å²) in [6, 6.07) is 5.32. The lowest BCUT2D eigenvalue weighted by atomic mass is 10.3. The van der Waals surface area contributed by atoms with E-state index >= 15 is 0 Å². The molecule has 1 aromatic carbocycles. The molecular weight excluding hydrogens is 354 g/mol. The molecule has 1 heterocycles. The molecule has 1 amide bonds. The van der Waals surface area contributed by atoms with Crippen molar-refractivity contribution in [2.45, 2.75) is 32.7 Å². The van der Waals surface area contributed by atoms with E-state index in [2.05, 4.69) is 10.4 Å². The molecule has 0 radical (unpaired) electrons. The highest BCUT2D eigenvalue weighted by Crippen LogP contribution is 2.34. The van der Waals surface area contributed by atoms with Crippen LogP contribution in [0.3, 0.4) is 0 Å². The van der Waals surface area contributed by atoms with Crippen LogP contribution in [0, 0.1) is 5.92 Å². The number of amides is 1. The van der Waals surface area contributed by atoms with Crippen LogP contribution in [0.2, 0.25) is 5.02 Å². The van der Waals surface area contributed by atoms with Gasteiger partial charge >= 0.3 is 0 Å². The second-order valence-electron chi connectivity index (χ2n) is 6.44. The number of carbonyl (C=O) groups is 1. The van der Waals surface area contributed by atoms with Crippen LogP contribution in [0.4, 0.5) is 0 Å². The molecule has 138 valence electrons. The van der Waals surface area contributed by atoms with E-state index in [1.54, 1.807) is 35.4 Å². The van der Waals surface area contributed by atoms with Crippen LogP contribution in [0.25, 0.3) is 6.20 Å². The number of carbonyl (C=O) groups excluding carboxylic acids is 1. The molecule has 0 spiro atoms. The van der Waals surface area contributed by atoms with Crippen LogP contribution >= 0.6 is 11.6 Å². The molecule has 0 saturated heterocycles. The maximum atomic E-state index is 11.0. The maximum Gasteiger partial charge on any atom is 0.217 e. The van der Waals surface area contributed by atoms with Crippen molar-refractivity contribution in [2.75, 3.05) is 6.61 Å². The molecule has 1 aromatic heterocycles. The molecule has 2 aromatic rings.